The minimum atomic E-state index is -3.79. The third-order valence-electron chi connectivity index (χ3n) is 4.94. The lowest BCUT2D eigenvalue weighted by atomic mass is 9.75. The van der Waals surface area contributed by atoms with Gasteiger partial charge in [-0.25, -0.2) is 8.42 Å². The molecule has 0 radical (unpaired) electrons. The van der Waals surface area contributed by atoms with E-state index in [2.05, 4.69) is 0 Å². The van der Waals surface area contributed by atoms with Gasteiger partial charge in [0.25, 0.3) is 10.0 Å². The maximum absolute atomic E-state index is 13.3. The van der Waals surface area contributed by atoms with Crippen molar-refractivity contribution in [3.05, 3.63) is 77.5 Å². The second-order valence-electron chi connectivity index (χ2n) is 7.36. The van der Waals surface area contributed by atoms with Gasteiger partial charge in [0.15, 0.2) is 5.78 Å². The van der Waals surface area contributed by atoms with Crippen LogP contribution in [0.3, 0.4) is 0 Å². The molecule has 0 aliphatic carbocycles. The van der Waals surface area contributed by atoms with Gasteiger partial charge in [-0.15, -0.1) is 0 Å². The Morgan fingerprint density at radius 3 is 1.92 bits per heavy atom. The van der Waals surface area contributed by atoms with Gasteiger partial charge in [-0.1, -0.05) is 61.4 Å². The Bertz CT molecular complexity index is 955. The summed E-state index contributed by atoms with van der Waals surface area (Å²) in [4.78, 5) is 12.7. The molecule has 0 fully saturated rings. The zero-order valence-electron chi connectivity index (χ0n) is 15.4. The van der Waals surface area contributed by atoms with Crippen LogP contribution < -0.4 is 0 Å². The van der Waals surface area contributed by atoms with Gasteiger partial charge in [0.1, 0.15) is 0 Å². The fourth-order valence-corrected chi connectivity index (χ4v) is 4.87. The van der Waals surface area contributed by atoms with Crippen molar-refractivity contribution < 1.29 is 13.2 Å². The summed E-state index contributed by atoms with van der Waals surface area (Å²) in [5.74, 6) is -0.0848. The highest BCUT2D eigenvalue weighted by atomic mass is 32.2. The van der Waals surface area contributed by atoms with E-state index < -0.39 is 21.5 Å². The summed E-state index contributed by atoms with van der Waals surface area (Å²) in [7, 11) is -3.79. The van der Waals surface area contributed by atoms with Crippen molar-refractivity contribution in [1.82, 2.24) is 4.31 Å². The van der Waals surface area contributed by atoms with E-state index in [0.717, 1.165) is 16.7 Å². The smallest absolute Gasteiger partial charge is 0.264 e. The number of rotatable bonds is 3. The van der Waals surface area contributed by atoms with Gasteiger partial charge in [0, 0.05) is 6.20 Å². The van der Waals surface area contributed by atoms with Crippen molar-refractivity contribution in [2.75, 3.05) is 0 Å². The largest absolute Gasteiger partial charge is 0.294 e. The number of carbonyl (C=O) groups is 1. The molecule has 0 amide bonds. The fraction of sp³-hybridized carbons (Fsp3) is 0.286. The second-order valence-corrected chi connectivity index (χ2v) is 9.21. The minimum absolute atomic E-state index is 0.0848. The normalized spacial score (nSPS) is 19.6. The Morgan fingerprint density at radius 1 is 0.885 bits per heavy atom. The predicted octanol–water partition coefficient (Wildman–Crippen LogP) is 4.16. The van der Waals surface area contributed by atoms with Crippen LogP contribution in [0.25, 0.3) is 0 Å². The van der Waals surface area contributed by atoms with Crippen LogP contribution in [0.1, 0.15) is 36.6 Å². The summed E-state index contributed by atoms with van der Waals surface area (Å²) in [6.45, 7) is 7.47. The molecule has 26 heavy (non-hydrogen) atoms. The number of hydrogen-bond donors (Lipinski definition) is 0. The molecular weight excluding hydrogens is 346 g/mol. The van der Waals surface area contributed by atoms with E-state index in [-0.39, 0.29) is 10.7 Å². The van der Waals surface area contributed by atoms with E-state index in [4.69, 9.17) is 0 Å². The van der Waals surface area contributed by atoms with Crippen LogP contribution in [0.5, 0.6) is 0 Å². The highest BCUT2D eigenvalue weighted by Crippen LogP contribution is 2.44. The predicted molar refractivity (Wildman–Crippen MR) is 102 cm³/mol. The summed E-state index contributed by atoms with van der Waals surface area (Å²) in [5, 5.41) is 0. The van der Waals surface area contributed by atoms with Gasteiger partial charge in [-0.05, 0) is 37.6 Å². The zero-order valence-corrected chi connectivity index (χ0v) is 16.2. The molecule has 3 rings (SSSR count). The highest BCUT2D eigenvalue weighted by Gasteiger charge is 2.46. The molecule has 1 aliphatic rings. The molecule has 0 N–H and O–H groups in total. The topological polar surface area (TPSA) is 54.5 Å². The third-order valence-corrected chi connectivity index (χ3v) is 6.69. The number of hydrogen-bond acceptors (Lipinski definition) is 3. The number of ketones is 1. The summed E-state index contributed by atoms with van der Waals surface area (Å²) in [5.41, 5.74) is 2.00. The molecule has 1 atom stereocenters. The Hall–Kier alpha value is -2.40. The van der Waals surface area contributed by atoms with Gasteiger partial charge in [0.2, 0.25) is 0 Å². The van der Waals surface area contributed by atoms with E-state index in [9.17, 15) is 13.2 Å². The number of carbonyl (C=O) groups excluding carboxylic acids is 1. The molecule has 0 bridgehead atoms. The van der Waals surface area contributed by atoms with E-state index in [1.165, 1.54) is 16.6 Å². The van der Waals surface area contributed by atoms with Crippen LogP contribution in [-0.4, -0.2) is 18.5 Å². The van der Waals surface area contributed by atoms with Crippen molar-refractivity contribution in [3.8, 4) is 0 Å². The molecule has 0 saturated carbocycles. The van der Waals surface area contributed by atoms with Crippen molar-refractivity contribution in [3.63, 3.8) is 0 Å². The Balaban J connectivity index is 2.16. The van der Waals surface area contributed by atoms with Crippen molar-refractivity contribution in [2.45, 2.75) is 38.6 Å². The van der Waals surface area contributed by atoms with Crippen LogP contribution >= 0.6 is 0 Å². The highest BCUT2D eigenvalue weighted by molar-refractivity contribution is 7.89. The Labute approximate surface area is 155 Å². The zero-order chi connectivity index (χ0) is 19.1. The second kappa shape index (κ2) is 6.40. The first-order chi connectivity index (χ1) is 12.1. The molecule has 5 heteroatoms. The Kier molecular flexibility index (Phi) is 4.53. The number of aryl methyl sites for hydroxylation is 2. The molecule has 0 saturated heterocycles. The lowest BCUT2D eigenvalue weighted by Crippen LogP contribution is -2.45. The van der Waals surface area contributed by atoms with Gasteiger partial charge < -0.3 is 0 Å². The van der Waals surface area contributed by atoms with Gasteiger partial charge in [0.05, 0.1) is 16.4 Å². The molecule has 1 unspecified atom stereocenters. The molecule has 0 spiro atoms. The Morgan fingerprint density at radius 2 is 1.38 bits per heavy atom. The van der Waals surface area contributed by atoms with Gasteiger partial charge in [-0.2, -0.15) is 0 Å². The average Bonchev–Trinajstić information content (AvgIpc) is 2.58. The fourth-order valence-electron chi connectivity index (χ4n) is 3.26. The monoisotopic (exact) mass is 369 g/mol. The molecule has 2 aromatic rings. The van der Waals surface area contributed by atoms with Crippen molar-refractivity contribution in [2.24, 2.45) is 5.41 Å². The van der Waals surface area contributed by atoms with E-state index in [1.54, 1.807) is 38.1 Å². The maximum Gasteiger partial charge on any atom is 0.264 e. The molecule has 1 heterocycles. The van der Waals surface area contributed by atoms with E-state index >= 15 is 0 Å². The van der Waals surface area contributed by atoms with E-state index in [1.807, 2.05) is 38.1 Å². The quantitative estimate of drug-likeness (QED) is 0.816. The number of benzene rings is 2. The molecule has 1 aliphatic heterocycles. The average molecular weight is 369 g/mol. The molecule has 136 valence electrons. The molecule has 2 aromatic carbocycles. The number of nitrogens with zero attached hydrogens (tertiary/aromatic N) is 1. The first-order valence-corrected chi connectivity index (χ1v) is 9.97. The van der Waals surface area contributed by atoms with Crippen LogP contribution in [0.15, 0.2) is 65.7 Å². The standard InChI is InChI=1S/C21H23NO3S/c1-15-5-9-17(10-6-15)20-21(3,4)19(23)13-14-22(20)26(24,25)18-11-7-16(2)8-12-18/h5-14,20H,1-4H3. The molecule has 0 aromatic heterocycles. The molecule has 4 nitrogen and oxygen atoms in total. The van der Waals surface area contributed by atoms with Crippen LogP contribution in [0, 0.1) is 19.3 Å². The lowest BCUT2D eigenvalue weighted by Gasteiger charge is -2.42. The summed E-state index contributed by atoms with van der Waals surface area (Å²) >= 11 is 0. The number of sulfonamides is 1. The minimum Gasteiger partial charge on any atom is -0.294 e. The van der Waals surface area contributed by atoms with Crippen LogP contribution in [0.2, 0.25) is 0 Å². The first-order valence-electron chi connectivity index (χ1n) is 8.53. The van der Waals surface area contributed by atoms with Crippen LogP contribution in [0.4, 0.5) is 0 Å². The van der Waals surface area contributed by atoms with Crippen molar-refractivity contribution >= 4 is 15.8 Å². The van der Waals surface area contributed by atoms with Crippen LogP contribution in [-0.2, 0) is 14.8 Å². The maximum atomic E-state index is 13.3. The summed E-state index contributed by atoms with van der Waals surface area (Å²) < 4.78 is 27.9. The SMILES string of the molecule is Cc1ccc(C2N(S(=O)(=O)c3ccc(C)cc3)C=CC(=O)C2(C)C)cc1. The number of allylic oxidation sites excluding steroid dienone is 1. The van der Waals surface area contributed by atoms with Crippen molar-refractivity contribution in [1.29, 1.82) is 0 Å². The van der Waals surface area contributed by atoms with Gasteiger partial charge >= 0.3 is 0 Å². The first kappa shape index (κ1) is 18.4. The molecular formula is C21H23NO3S. The lowest BCUT2D eigenvalue weighted by molar-refractivity contribution is -0.125. The summed E-state index contributed by atoms with van der Waals surface area (Å²) in [6.07, 6.45) is 2.75. The van der Waals surface area contributed by atoms with Gasteiger partial charge in [-0.3, -0.25) is 9.10 Å². The third kappa shape index (κ3) is 3.07. The summed E-state index contributed by atoms with van der Waals surface area (Å²) in [6, 6.07) is 13.8. The van der Waals surface area contributed by atoms with E-state index in [0.29, 0.717) is 0 Å².